The summed E-state index contributed by atoms with van der Waals surface area (Å²) in [5, 5.41) is 0. The van der Waals surface area contributed by atoms with Gasteiger partial charge >= 0.3 is 261 Å². The third-order valence-corrected chi connectivity index (χ3v) is 13.7. The quantitative estimate of drug-likeness (QED) is 0.165. The molecular formula is C36H53BiN2O2. The van der Waals surface area contributed by atoms with Crippen molar-refractivity contribution >= 4 is 25.9 Å². The molecular weight excluding hydrogens is 701 g/mol. The van der Waals surface area contributed by atoms with Crippen LogP contribution < -0.4 is 8.90 Å². The van der Waals surface area contributed by atoms with Crippen LogP contribution >= 0.6 is 0 Å². The minimum absolute atomic E-state index is 0.349. The Morgan fingerprint density at radius 3 is 1.07 bits per heavy atom. The van der Waals surface area contributed by atoms with Crippen molar-refractivity contribution in [1.29, 1.82) is 0 Å². The normalized spacial score (nSPS) is 12.2. The Labute approximate surface area is 260 Å². The molecule has 0 fully saturated rings. The summed E-state index contributed by atoms with van der Waals surface area (Å²) in [4.78, 5) is 4.51. The van der Waals surface area contributed by atoms with E-state index in [9.17, 15) is 0 Å². The SMILES string of the molecule is CC(C)c1cccc(C(C)C)c1[O][Bi]([O]c1c(C(C)C)cccc1C(C)C)[c]1c(CN(C)C)cccc1CN(C)C. The van der Waals surface area contributed by atoms with Crippen LogP contribution in [0.3, 0.4) is 0 Å². The van der Waals surface area contributed by atoms with E-state index in [4.69, 9.17) is 5.63 Å². The van der Waals surface area contributed by atoms with Crippen LogP contribution in [0.2, 0.25) is 0 Å². The van der Waals surface area contributed by atoms with Crippen molar-refractivity contribution in [2.24, 2.45) is 0 Å². The molecule has 0 heterocycles. The van der Waals surface area contributed by atoms with E-state index in [0.29, 0.717) is 23.7 Å². The molecule has 41 heavy (non-hydrogen) atoms. The Bertz CT molecular complexity index is 1130. The Morgan fingerprint density at radius 2 is 0.805 bits per heavy atom. The summed E-state index contributed by atoms with van der Waals surface area (Å²) in [5.74, 6) is 3.48. The Morgan fingerprint density at radius 1 is 0.512 bits per heavy atom. The van der Waals surface area contributed by atoms with Gasteiger partial charge in [-0.15, -0.1) is 0 Å². The van der Waals surface area contributed by atoms with Gasteiger partial charge in [-0.2, -0.15) is 0 Å². The Balaban J connectivity index is 2.37. The fourth-order valence-corrected chi connectivity index (χ4v) is 12.0. The maximum atomic E-state index is 7.45. The van der Waals surface area contributed by atoms with Crippen molar-refractivity contribution in [3.8, 4) is 11.5 Å². The molecule has 0 bridgehead atoms. The number of nitrogens with zero attached hydrogens (tertiary/aromatic N) is 2. The molecule has 0 aliphatic rings. The molecule has 0 spiro atoms. The van der Waals surface area contributed by atoms with Crippen LogP contribution in [0.1, 0.15) is 112 Å². The van der Waals surface area contributed by atoms with Gasteiger partial charge in [-0.1, -0.05) is 0 Å². The first-order chi connectivity index (χ1) is 19.3. The second kappa shape index (κ2) is 15.0. The predicted octanol–water partition coefficient (Wildman–Crippen LogP) is 8.16. The monoisotopic (exact) mass is 754 g/mol. The summed E-state index contributed by atoms with van der Waals surface area (Å²) in [6, 6.07) is 20.1. The molecule has 0 atom stereocenters. The fraction of sp³-hybridized carbons (Fsp3) is 0.500. The van der Waals surface area contributed by atoms with E-state index in [0.717, 1.165) is 24.6 Å². The summed E-state index contributed by atoms with van der Waals surface area (Å²) in [5.41, 5.74) is 7.68. The molecule has 0 saturated heterocycles. The van der Waals surface area contributed by atoms with E-state index in [1.54, 1.807) is 0 Å². The number of hydrogen-bond donors (Lipinski definition) is 0. The van der Waals surface area contributed by atoms with Crippen molar-refractivity contribution in [1.82, 2.24) is 9.80 Å². The fourth-order valence-electron chi connectivity index (χ4n) is 5.27. The van der Waals surface area contributed by atoms with Crippen LogP contribution in [-0.4, -0.2) is 60.6 Å². The first-order valence-electron chi connectivity index (χ1n) is 15.1. The second-order valence-corrected chi connectivity index (χ2v) is 18.1. The third kappa shape index (κ3) is 8.56. The molecule has 0 aliphatic heterocycles. The molecule has 0 amide bonds. The molecule has 3 aromatic carbocycles. The molecule has 0 aromatic heterocycles. The van der Waals surface area contributed by atoms with Crippen molar-refractivity contribution < 1.29 is 5.63 Å². The zero-order chi connectivity index (χ0) is 30.4. The summed E-state index contributed by atoms with van der Waals surface area (Å²) < 4.78 is 16.2. The topological polar surface area (TPSA) is 24.9 Å². The number of para-hydroxylation sites is 2. The van der Waals surface area contributed by atoms with Crippen LogP contribution in [0.25, 0.3) is 0 Å². The van der Waals surface area contributed by atoms with Gasteiger partial charge in [0.2, 0.25) is 0 Å². The molecule has 5 heteroatoms. The molecule has 3 rings (SSSR count). The summed E-state index contributed by atoms with van der Waals surface area (Å²) in [6.07, 6.45) is 0. The third-order valence-electron chi connectivity index (χ3n) is 7.35. The zero-order valence-electron chi connectivity index (χ0n) is 27.6. The summed E-state index contributed by atoms with van der Waals surface area (Å²) in [7, 11) is 8.57. The van der Waals surface area contributed by atoms with E-state index in [1.165, 1.54) is 36.7 Å². The van der Waals surface area contributed by atoms with Gasteiger partial charge in [0.15, 0.2) is 0 Å². The molecule has 3 aromatic rings. The van der Waals surface area contributed by atoms with Gasteiger partial charge in [0.25, 0.3) is 0 Å². The first-order valence-corrected chi connectivity index (χ1v) is 19.7. The van der Waals surface area contributed by atoms with Gasteiger partial charge in [-0.25, -0.2) is 0 Å². The van der Waals surface area contributed by atoms with Gasteiger partial charge in [0.05, 0.1) is 0 Å². The molecule has 0 unspecified atom stereocenters. The van der Waals surface area contributed by atoms with Gasteiger partial charge in [0.1, 0.15) is 0 Å². The van der Waals surface area contributed by atoms with Gasteiger partial charge in [-0.3, -0.25) is 0 Å². The van der Waals surface area contributed by atoms with Crippen LogP contribution in [0.4, 0.5) is 0 Å². The van der Waals surface area contributed by atoms with Crippen LogP contribution in [0.15, 0.2) is 54.6 Å². The number of rotatable bonds is 13. The van der Waals surface area contributed by atoms with Crippen molar-refractivity contribution in [3.05, 3.63) is 88.0 Å². The molecule has 0 N–H and O–H groups in total. The average Bonchev–Trinajstić information content (AvgIpc) is 2.87. The number of hydrogen-bond acceptors (Lipinski definition) is 4. The van der Waals surface area contributed by atoms with Crippen molar-refractivity contribution in [2.45, 2.75) is 92.2 Å². The van der Waals surface area contributed by atoms with Crippen molar-refractivity contribution in [2.75, 3.05) is 28.2 Å². The molecule has 0 saturated carbocycles. The van der Waals surface area contributed by atoms with E-state index in [-0.39, 0.29) is 0 Å². The van der Waals surface area contributed by atoms with Gasteiger partial charge in [-0.05, 0) is 0 Å². The standard InChI is InChI=1S/C12H19N2.2C12H18O.Bi/c1-13(2)9-11-6-5-7-12(8-11)10-14(3)4;2*1-8(2)10-6-5-7-11(9(3)4)12(10)13;/h5-7H,9-10H2,1-4H3;2*5-9,13H,1-4H3;/q;;;+2/p-2. The predicted molar refractivity (Wildman–Crippen MR) is 177 cm³/mol. The summed E-state index contributed by atoms with van der Waals surface area (Å²) >= 11 is -3.49. The Kier molecular flexibility index (Phi) is 12.3. The van der Waals surface area contributed by atoms with E-state index >= 15 is 0 Å². The van der Waals surface area contributed by atoms with Crippen LogP contribution in [0, 0.1) is 0 Å². The van der Waals surface area contributed by atoms with E-state index in [1.807, 2.05) is 0 Å². The van der Waals surface area contributed by atoms with Gasteiger partial charge in [0, 0.05) is 0 Å². The maximum absolute atomic E-state index is 7.45. The van der Waals surface area contributed by atoms with E-state index < -0.39 is 22.6 Å². The van der Waals surface area contributed by atoms with E-state index in [2.05, 4.69) is 148 Å². The molecule has 0 aliphatic carbocycles. The van der Waals surface area contributed by atoms with Crippen LogP contribution in [-0.2, 0) is 13.1 Å². The number of benzene rings is 3. The Hall–Kier alpha value is -1.94. The minimum atomic E-state index is -3.49. The summed E-state index contributed by atoms with van der Waals surface area (Å²) in [6.45, 7) is 19.8. The first kappa shape index (κ1) is 33.6. The average molecular weight is 755 g/mol. The van der Waals surface area contributed by atoms with Gasteiger partial charge < -0.3 is 0 Å². The zero-order valence-corrected chi connectivity index (χ0v) is 31.1. The molecule has 4 nitrogen and oxygen atoms in total. The van der Waals surface area contributed by atoms with Crippen LogP contribution in [0.5, 0.6) is 11.5 Å². The molecule has 224 valence electrons. The molecule has 0 radical (unpaired) electrons. The van der Waals surface area contributed by atoms with Crippen molar-refractivity contribution in [3.63, 3.8) is 0 Å². The second-order valence-electron chi connectivity index (χ2n) is 13.0.